The van der Waals surface area contributed by atoms with E-state index in [-0.39, 0.29) is 55.4 Å². The van der Waals surface area contributed by atoms with E-state index < -0.39 is 5.92 Å². The second-order valence-electron chi connectivity index (χ2n) is 6.08. The van der Waals surface area contributed by atoms with Crippen molar-refractivity contribution in [3.8, 4) is 0 Å². The number of carbonyl (C=O) groups is 4. The highest BCUT2D eigenvalue weighted by Crippen LogP contribution is 2.21. The minimum Gasteiger partial charge on any atom is -0.326 e. The Kier molecular flexibility index (Phi) is 5.42. The van der Waals surface area contributed by atoms with Crippen LogP contribution in [-0.2, 0) is 19.2 Å². The summed E-state index contributed by atoms with van der Waals surface area (Å²) in [6, 6.07) is 5.60. The van der Waals surface area contributed by atoms with Crippen LogP contribution in [-0.4, -0.2) is 23.3 Å². The van der Waals surface area contributed by atoms with E-state index in [1.54, 1.807) is 0 Å². The second-order valence-corrected chi connectivity index (χ2v) is 6.08. The molecule has 5 nitrogen and oxygen atoms in total. The lowest BCUT2D eigenvalue weighted by Crippen LogP contribution is -2.31. The van der Waals surface area contributed by atoms with Crippen LogP contribution in [0.1, 0.15) is 43.2 Å². The predicted molar refractivity (Wildman–Crippen MR) is 86.1 cm³/mol. The maximum absolute atomic E-state index is 12.1. The highest BCUT2D eigenvalue weighted by Gasteiger charge is 2.32. The summed E-state index contributed by atoms with van der Waals surface area (Å²) < 4.78 is 0. The SMILES string of the molecule is Cc1ccc(NC(=O)CCC(=O)[C@H]2CC(=O)CCC2=O)cc1C. The number of benzene rings is 1. The van der Waals surface area contributed by atoms with Gasteiger partial charge in [0.25, 0.3) is 0 Å². The van der Waals surface area contributed by atoms with Gasteiger partial charge in [0, 0.05) is 37.8 Å². The van der Waals surface area contributed by atoms with Crippen molar-refractivity contribution in [3.05, 3.63) is 29.3 Å². The first-order valence-corrected chi connectivity index (χ1v) is 7.81. The largest absolute Gasteiger partial charge is 0.326 e. The predicted octanol–water partition coefficient (Wildman–Crippen LogP) is 2.53. The molecule has 0 unspecified atom stereocenters. The van der Waals surface area contributed by atoms with Gasteiger partial charge in [-0.3, -0.25) is 19.2 Å². The maximum atomic E-state index is 12.1. The number of hydrogen-bond acceptors (Lipinski definition) is 4. The Labute approximate surface area is 135 Å². The van der Waals surface area contributed by atoms with E-state index in [4.69, 9.17) is 0 Å². The van der Waals surface area contributed by atoms with Crippen LogP contribution in [0.15, 0.2) is 18.2 Å². The molecule has 1 aliphatic rings. The number of aryl methyl sites for hydroxylation is 2. The zero-order chi connectivity index (χ0) is 17.0. The van der Waals surface area contributed by atoms with Crippen LogP contribution in [0.3, 0.4) is 0 Å². The van der Waals surface area contributed by atoms with Gasteiger partial charge in [-0.25, -0.2) is 0 Å². The summed E-state index contributed by atoms with van der Waals surface area (Å²) >= 11 is 0. The topological polar surface area (TPSA) is 80.3 Å². The highest BCUT2D eigenvalue weighted by atomic mass is 16.2. The summed E-state index contributed by atoms with van der Waals surface area (Å²) in [6.07, 6.45) is 0.375. The van der Waals surface area contributed by atoms with Gasteiger partial charge in [-0.05, 0) is 37.1 Å². The normalized spacial score (nSPS) is 17.9. The first-order chi connectivity index (χ1) is 10.9. The Morgan fingerprint density at radius 3 is 2.52 bits per heavy atom. The summed E-state index contributed by atoms with van der Waals surface area (Å²) in [5.74, 6) is -1.65. The second kappa shape index (κ2) is 7.31. The summed E-state index contributed by atoms with van der Waals surface area (Å²) in [7, 11) is 0. The summed E-state index contributed by atoms with van der Waals surface area (Å²) in [5, 5.41) is 2.75. The number of ketones is 3. The fourth-order valence-electron chi connectivity index (χ4n) is 2.63. The van der Waals surface area contributed by atoms with E-state index in [2.05, 4.69) is 5.32 Å². The molecule has 0 spiro atoms. The molecule has 23 heavy (non-hydrogen) atoms. The first kappa shape index (κ1) is 17.1. The summed E-state index contributed by atoms with van der Waals surface area (Å²) in [4.78, 5) is 47.1. The molecule has 1 amide bonds. The van der Waals surface area contributed by atoms with Crippen LogP contribution in [0.25, 0.3) is 0 Å². The molecule has 2 rings (SSSR count). The number of nitrogens with one attached hydrogen (secondary N) is 1. The van der Waals surface area contributed by atoms with Crippen molar-refractivity contribution in [3.63, 3.8) is 0 Å². The van der Waals surface area contributed by atoms with E-state index in [1.165, 1.54) is 0 Å². The van der Waals surface area contributed by atoms with Gasteiger partial charge in [0.15, 0.2) is 0 Å². The Morgan fingerprint density at radius 1 is 1.09 bits per heavy atom. The molecule has 1 N–H and O–H groups in total. The van der Waals surface area contributed by atoms with Crippen LogP contribution in [0.4, 0.5) is 5.69 Å². The molecule has 122 valence electrons. The van der Waals surface area contributed by atoms with Crippen molar-refractivity contribution in [1.29, 1.82) is 0 Å². The highest BCUT2D eigenvalue weighted by molar-refractivity contribution is 6.09. The lowest BCUT2D eigenvalue weighted by Gasteiger charge is -2.18. The van der Waals surface area contributed by atoms with Crippen LogP contribution in [0.2, 0.25) is 0 Å². The van der Waals surface area contributed by atoms with E-state index in [9.17, 15) is 19.2 Å². The third-order valence-corrected chi connectivity index (χ3v) is 4.25. The van der Waals surface area contributed by atoms with Gasteiger partial charge >= 0.3 is 0 Å². The summed E-state index contributed by atoms with van der Waals surface area (Å²) in [5.41, 5.74) is 2.90. The van der Waals surface area contributed by atoms with Crippen LogP contribution in [0, 0.1) is 19.8 Å². The maximum Gasteiger partial charge on any atom is 0.224 e. The van der Waals surface area contributed by atoms with Gasteiger partial charge in [-0.1, -0.05) is 6.07 Å². The van der Waals surface area contributed by atoms with Crippen molar-refractivity contribution in [2.45, 2.75) is 46.0 Å². The molecule has 1 atom stereocenters. The van der Waals surface area contributed by atoms with E-state index in [1.807, 2.05) is 32.0 Å². The van der Waals surface area contributed by atoms with E-state index in [0.717, 1.165) is 11.1 Å². The summed E-state index contributed by atoms with van der Waals surface area (Å²) in [6.45, 7) is 3.95. The molecule has 0 heterocycles. The van der Waals surface area contributed by atoms with Gasteiger partial charge in [0.2, 0.25) is 5.91 Å². The molecule has 0 aromatic heterocycles. The number of Topliss-reactive ketones (excluding diaryl/α,β-unsaturated/α-hetero) is 3. The fraction of sp³-hybridized carbons (Fsp3) is 0.444. The monoisotopic (exact) mass is 315 g/mol. The molecular formula is C18H21NO4. The fourth-order valence-corrected chi connectivity index (χ4v) is 2.63. The van der Waals surface area contributed by atoms with Crippen molar-refractivity contribution < 1.29 is 19.2 Å². The van der Waals surface area contributed by atoms with Gasteiger partial charge in [-0.15, -0.1) is 0 Å². The molecular weight excluding hydrogens is 294 g/mol. The van der Waals surface area contributed by atoms with Crippen LogP contribution < -0.4 is 5.32 Å². The van der Waals surface area contributed by atoms with Crippen LogP contribution in [0.5, 0.6) is 0 Å². The standard InChI is InChI=1S/C18H21NO4/c1-11-3-4-13(9-12(11)2)19-18(23)8-7-17(22)15-10-14(20)5-6-16(15)21/h3-4,9,15H,5-8,10H2,1-2H3,(H,19,23)/t15-/m0/s1. The quantitative estimate of drug-likeness (QED) is 0.847. The molecule has 0 radical (unpaired) electrons. The number of hydrogen-bond donors (Lipinski definition) is 1. The molecule has 1 aromatic carbocycles. The van der Waals surface area contributed by atoms with Crippen molar-refractivity contribution in [2.24, 2.45) is 5.92 Å². The zero-order valence-corrected chi connectivity index (χ0v) is 13.5. The molecule has 0 aliphatic heterocycles. The molecule has 1 saturated carbocycles. The lowest BCUT2D eigenvalue weighted by molar-refractivity contribution is -0.140. The first-order valence-electron chi connectivity index (χ1n) is 7.81. The molecule has 1 fully saturated rings. The lowest BCUT2D eigenvalue weighted by atomic mass is 9.83. The third kappa shape index (κ3) is 4.58. The minimum absolute atomic E-state index is 0.00353. The number of carbonyl (C=O) groups excluding carboxylic acids is 4. The van der Waals surface area contributed by atoms with Crippen molar-refractivity contribution in [2.75, 3.05) is 5.32 Å². The molecule has 0 bridgehead atoms. The van der Waals surface area contributed by atoms with E-state index >= 15 is 0 Å². The zero-order valence-electron chi connectivity index (χ0n) is 13.5. The smallest absolute Gasteiger partial charge is 0.224 e. The third-order valence-electron chi connectivity index (χ3n) is 4.25. The number of rotatable bonds is 5. The molecule has 0 saturated heterocycles. The molecule has 1 aliphatic carbocycles. The van der Waals surface area contributed by atoms with Gasteiger partial charge in [-0.2, -0.15) is 0 Å². The Morgan fingerprint density at radius 2 is 1.83 bits per heavy atom. The number of amides is 1. The van der Waals surface area contributed by atoms with Crippen LogP contribution >= 0.6 is 0 Å². The van der Waals surface area contributed by atoms with Crippen molar-refractivity contribution >= 4 is 28.9 Å². The Bertz CT molecular complexity index is 663. The van der Waals surface area contributed by atoms with Gasteiger partial charge < -0.3 is 5.32 Å². The van der Waals surface area contributed by atoms with Crippen molar-refractivity contribution in [1.82, 2.24) is 0 Å². The van der Waals surface area contributed by atoms with Gasteiger partial charge in [0.1, 0.15) is 17.3 Å². The van der Waals surface area contributed by atoms with E-state index in [0.29, 0.717) is 5.69 Å². The molecule has 5 heteroatoms. The Hall–Kier alpha value is -2.30. The average Bonchev–Trinajstić information content (AvgIpc) is 2.51. The Balaban J connectivity index is 1.86. The number of anilines is 1. The van der Waals surface area contributed by atoms with Gasteiger partial charge in [0.05, 0.1) is 5.92 Å². The molecule has 1 aromatic rings. The average molecular weight is 315 g/mol. The minimum atomic E-state index is -0.842.